The van der Waals surface area contributed by atoms with Gasteiger partial charge in [-0.15, -0.1) is 0 Å². The zero-order valence-electron chi connectivity index (χ0n) is 16.6. The van der Waals surface area contributed by atoms with Crippen LogP contribution in [0.15, 0.2) is 47.6 Å². The molecule has 0 amide bonds. The fourth-order valence-corrected chi connectivity index (χ4v) is 3.62. The maximum Gasteiger partial charge on any atom is 0.337 e. The zero-order chi connectivity index (χ0) is 20.6. The van der Waals surface area contributed by atoms with E-state index in [2.05, 4.69) is 15.8 Å². The van der Waals surface area contributed by atoms with Crippen molar-refractivity contribution in [2.24, 2.45) is 16.8 Å². The third-order valence-electron chi connectivity index (χ3n) is 5.23. The minimum Gasteiger partial charge on any atom is -0.465 e. The number of amidine groups is 1. The summed E-state index contributed by atoms with van der Waals surface area (Å²) in [7, 11) is 1.38. The van der Waals surface area contributed by atoms with Gasteiger partial charge in [-0.2, -0.15) is 0 Å². The van der Waals surface area contributed by atoms with Crippen molar-refractivity contribution in [2.45, 2.75) is 19.4 Å². The largest absolute Gasteiger partial charge is 0.465 e. The molecular formula is C22H28N4O3. The minimum absolute atomic E-state index is 0.0415. The number of nitrogens with zero attached hydrogens (tertiary/aromatic N) is 1. The second kappa shape index (κ2) is 10.0. The average molecular weight is 396 g/mol. The summed E-state index contributed by atoms with van der Waals surface area (Å²) in [6, 6.07) is 13.1. The van der Waals surface area contributed by atoms with Gasteiger partial charge < -0.3 is 26.3 Å². The summed E-state index contributed by atoms with van der Waals surface area (Å²) >= 11 is 0. The summed E-state index contributed by atoms with van der Waals surface area (Å²) in [4.78, 5) is 12.2. The van der Waals surface area contributed by atoms with Crippen molar-refractivity contribution >= 4 is 11.8 Å². The van der Waals surface area contributed by atoms with Crippen LogP contribution in [-0.4, -0.2) is 43.8 Å². The van der Waals surface area contributed by atoms with Crippen LogP contribution < -0.4 is 16.4 Å². The van der Waals surface area contributed by atoms with Gasteiger partial charge in [0.05, 0.1) is 12.7 Å². The van der Waals surface area contributed by atoms with Crippen LogP contribution in [0.3, 0.4) is 0 Å². The highest BCUT2D eigenvalue weighted by molar-refractivity contribution is 5.98. The van der Waals surface area contributed by atoms with E-state index < -0.39 is 0 Å². The molecule has 5 N–H and O–H groups in total. The van der Waals surface area contributed by atoms with E-state index >= 15 is 0 Å². The number of carbonyl (C=O) groups is 1. The molecule has 0 atom stereocenters. The van der Waals surface area contributed by atoms with Crippen molar-refractivity contribution in [1.82, 2.24) is 10.6 Å². The van der Waals surface area contributed by atoms with Crippen molar-refractivity contribution < 1.29 is 14.7 Å². The fourth-order valence-electron chi connectivity index (χ4n) is 3.62. The number of rotatable bonds is 7. The number of ether oxygens (including phenoxy) is 1. The molecular weight excluding hydrogens is 368 g/mol. The first kappa shape index (κ1) is 20.8. The molecule has 0 saturated carbocycles. The van der Waals surface area contributed by atoms with Crippen molar-refractivity contribution in [3.63, 3.8) is 0 Å². The highest BCUT2D eigenvalue weighted by Gasteiger charge is 2.14. The summed E-state index contributed by atoms with van der Waals surface area (Å²) in [5, 5.41) is 18.9. The first-order valence-electron chi connectivity index (χ1n) is 9.82. The van der Waals surface area contributed by atoms with Gasteiger partial charge >= 0.3 is 5.97 Å². The molecule has 1 heterocycles. The summed E-state index contributed by atoms with van der Waals surface area (Å²) in [6.45, 7) is 3.77. The number of methoxy groups -OCH3 is 1. The van der Waals surface area contributed by atoms with E-state index in [-0.39, 0.29) is 11.8 Å². The zero-order valence-corrected chi connectivity index (χ0v) is 16.6. The Morgan fingerprint density at radius 3 is 2.69 bits per heavy atom. The molecule has 0 aliphatic carbocycles. The monoisotopic (exact) mass is 396 g/mol. The van der Waals surface area contributed by atoms with Gasteiger partial charge in [0, 0.05) is 12.1 Å². The molecule has 0 spiro atoms. The number of hydrogen-bond acceptors (Lipinski definition) is 6. The van der Waals surface area contributed by atoms with E-state index in [1.807, 2.05) is 30.3 Å². The fraction of sp³-hybridized carbons (Fsp3) is 0.364. The Kier molecular flexibility index (Phi) is 7.21. The van der Waals surface area contributed by atoms with Gasteiger partial charge in [-0.25, -0.2) is 4.79 Å². The Morgan fingerprint density at radius 1 is 1.21 bits per heavy atom. The predicted molar refractivity (Wildman–Crippen MR) is 113 cm³/mol. The molecule has 1 fully saturated rings. The molecule has 7 nitrogen and oxygen atoms in total. The Hall–Kier alpha value is -2.90. The normalized spacial score (nSPS) is 15.3. The molecule has 1 aliphatic heterocycles. The van der Waals surface area contributed by atoms with Gasteiger partial charge in [0.2, 0.25) is 0 Å². The van der Waals surface area contributed by atoms with E-state index in [4.69, 9.17) is 15.7 Å². The smallest absolute Gasteiger partial charge is 0.337 e. The second-order valence-corrected chi connectivity index (χ2v) is 7.30. The number of hydrogen-bond donors (Lipinski definition) is 4. The van der Waals surface area contributed by atoms with Crippen LogP contribution in [0.4, 0.5) is 0 Å². The third kappa shape index (κ3) is 5.56. The lowest BCUT2D eigenvalue weighted by atomic mass is 9.97. The summed E-state index contributed by atoms with van der Waals surface area (Å²) in [6.07, 6.45) is 2.36. The van der Waals surface area contributed by atoms with Crippen LogP contribution in [0, 0.1) is 5.92 Å². The van der Waals surface area contributed by atoms with Crippen LogP contribution in [-0.2, 0) is 11.3 Å². The van der Waals surface area contributed by atoms with E-state index in [0.29, 0.717) is 23.6 Å². The molecule has 1 aliphatic rings. The highest BCUT2D eigenvalue weighted by Crippen LogP contribution is 2.24. The maximum absolute atomic E-state index is 12.2. The molecule has 0 radical (unpaired) electrons. The number of nitrogens with one attached hydrogen (secondary N) is 2. The molecule has 0 unspecified atom stereocenters. The van der Waals surface area contributed by atoms with Crippen LogP contribution in [0.25, 0.3) is 11.1 Å². The van der Waals surface area contributed by atoms with Gasteiger partial charge in [-0.1, -0.05) is 23.4 Å². The number of oxime groups is 1. The van der Waals surface area contributed by atoms with Crippen molar-refractivity contribution in [3.05, 3.63) is 59.2 Å². The van der Waals surface area contributed by atoms with E-state index in [0.717, 1.165) is 36.3 Å². The number of nitrogens with two attached hydrogens (primary N) is 1. The molecule has 0 aromatic heterocycles. The van der Waals surface area contributed by atoms with Crippen LogP contribution in [0.2, 0.25) is 0 Å². The van der Waals surface area contributed by atoms with Crippen molar-refractivity contribution in [3.8, 4) is 11.1 Å². The summed E-state index contributed by atoms with van der Waals surface area (Å²) < 4.78 is 4.92. The molecule has 3 rings (SSSR count). The van der Waals surface area contributed by atoms with Crippen LogP contribution in [0.5, 0.6) is 0 Å². The quantitative estimate of drug-likeness (QED) is 0.188. The molecule has 1 saturated heterocycles. The van der Waals surface area contributed by atoms with Gasteiger partial charge in [-0.3, -0.25) is 0 Å². The highest BCUT2D eigenvalue weighted by atomic mass is 16.5. The van der Waals surface area contributed by atoms with E-state index in [1.54, 1.807) is 12.1 Å². The van der Waals surface area contributed by atoms with Crippen molar-refractivity contribution in [2.75, 3.05) is 26.7 Å². The lowest BCUT2D eigenvalue weighted by Crippen LogP contribution is -2.33. The summed E-state index contributed by atoms with van der Waals surface area (Å²) in [5.41, 5.74) is 9.58. The van der Waals surface area contributed by atoms with E-state index in [1.165, 1.54) is 20.0 Å². The Bertz CT molecular complexity index is 876. The van der Waals surface area contributed by atoms with E-state index in [9.17, 15) is 4.79 Å². The molecule has 7 heteroatoms. The maximum atomic E-state index is 12.2. The Morgan fingerprint density at radius 2 is 1.97 bits per heavy atom. The van der Waals surface area contributed by atoms with Gasteiger partial charge in [0.15, 0.2) is 5.84 Å². The lowest BCUT2D eigenvalue weighted by molar-refractivity contribution is 0.0600. The second-order valence-electron chi connectivity index (χ2n) is 7.30. The SMILES string of the molecule is COC(=O)c1cc(CNCC2CCNCC2)cc(-c2cccc(/C(N)=N\O)c2)c1. The van der Waals surface area contributed by atoms with Gasteiger partial charge in [-0.05, 0) is 79.3 Å². The molecule has 0 bridgehead atoms. The van der Waals surface area contributed by atoms with Gasteiger partial charge in [0.25, 0.3) is 0 Å². The molecule has 154 valence electrons. The predicted octanol–water partition coefficient (Wildman–Crippen LogP) is 2.32. The molecule has 2 aromatic rings. The first-order chi connectivity index (χ1) is 14.1. The molecule has 29 heavy (non-hydrogen) atoms. The minimum atomic E-state index is -0.376. The van der Waals surface area contributed by atoms with Crippen molar-refractivity contribution in [1.29, 1.82) is 0 Å². The number of piperidine rings is 1. The summed E-state index contributed by atoms with van der Waals surface area (Å²) in [5.74, 6) is 0.343. The van der Waals surface area contributed by atoms with Crippen LogP contribution >= 0.6 is 0 Å². The number of benzene rings is 2. The Labute approximate surface area is 170 Å². The third-order valence-corrected chi connectivity index (χ3v) is 5.23. The number of carbonyl (C=O) groups excluding carboxylic acids is 1. The van der Waals surface area contributed by atoms with Crippen LogP contribution in [0.1, 0.15) is 34.3 Å². The molecule has 2 aromatic carbocycles. The van der Waals surface area contributed by atoms with Gasteiger partial charge in [0.1, 0.15) is 0 Å². The first-order valence-corrected chi connectivity index (χ1v) is 9.82. The average Bonchev–Trinajstić information content (AvgIpc) is 2.78. The standard InChI is InChI=1S/C22H28N4O3/c1-29-22(27)20-10-16(14-25-13-15-5-7-24-8-6-15)9-19(12-20)17-3-2-4-18(11-17)21(23)26-28/h2-4,9-12,15,24-25,28H,5-8,13-14H2,1H3,(H2,23,26). The Balaban J connectivity index is 1.83. The number of esters is 1. The topological polar surface area (TPSA) is 109 Å². The lowest BCUT2D eigenvalue weighted by Gasteiger charge is -2.23.